The number of nitrogens with one attached hydrogen (secondary N) is 1. The van der Waals surface area contributed by atoms with Crippen molar-refractivity contribution in [3.63, 3.8) is 0 Å². The molecule has 0 fully saturated rings. The molecule has 4 heteroatoms. The van der Waals surface area contributed by atoms with Crippen molar-refractivity contribution >= 4 is 5.82 Å². The molecule has 2 heterocycles. The van der Waals surface area contributed by atoms with Crippen LogP contribution in [0.4, 0.5) is 5.82 Å². The van der Waals surface area contributed by atoms with Gasteiger partial charge in [-0.05, 0) is 12.5 Å². The molecule has 0 spiro atoms. The summed E-state index contributed by atoms with van der Waals surface area (Å²) < 4.78 is 7.27. The minimum atomic E-state index is -0.0261. The lowest BCUT2D eigenvalue weighted by molar-refractivity contribution is 0.181. The normalized spacial score (nSPS) is 17.3. The molecule has 3 N–H and O–H groups in total. The summed E-state index contributed by atoms with van der Waals surface area (Å²) in [7, 11) is 1.68. The van der Waals surface area contributed by atoms with E-state index in [9.17, 15) is 0 Å². The van der Waals surface area contributed by atoms with Gasteiger partial charge in [0.1, 0.15) is 5.82 Å². The Labute approximate surface area is 84.0 Å². The van der Waals surface area contributed by atoms with Crippen LogP contribution in [0.1, 0.15) is 18.0 Å². The van der Waals surface area contributed by atoms with E-state index in [4.69, 9.17) is 10.5 Å². The number of aryl methyl sites for hydroxylation is 1. The molecule has 0 bridgehead atoms. The smallest absolute Gasteiger partial charge is 0.110 e. The van der Waals surface area contributed by atoms with E-state index >= 15 is 0 Å². The van der Waals surface area contributed by atoms with Gasteiger partial charge in [0, 0.05) is 32.0 Å². The summed E-state index contributed by atoms with van der Waals surface area (Å²) in [6.45, 7) is 2.69. The van der Waals surface area contributed by atoms with Crippen LogP contribution in [0.15, 0.2) is 12.3 Å². The molecule has 1 atom stereocenters. The standard InChI is InChI=1S/C10H17N3O/c1-14-7-9(11)8-3-6-13-5-2-4-12-10(8)13/h3,6,9,12H,2,4-5,7,11H2,1H3. The number of nitrogens with two attached hydrogens (primary N) is 1. The van der Waals surface area contributed by atoms with Crippen molar-refractivity contribution in [3.05, 3.63) is 17.8 Å². The van der Waals surface area contributed by atoms with Crippen LogP contribution in [0.25, 0.3) is 0 Å². The number of hydrogen-bond acceptors (Lipinski definition) is 3. The Morgan fingerprint density at radius 3 is 3.36 bits per heavy atom. The van der Waals surface area contributed by atoms with E-state index in [1.165, 1.54) is 12.2 Å². The van der Waals surface area contributed by atoms with Crippen LogP contribution in [0.5, 0.6) is 0 Å². The molecule has 1 aliphatic rings. The van der Waals surface area contributed by atoms with Crippen molar-refractivity contribution in [1.82, 2.24) is 4.57 Å². The van der Waals surface area contributed by atoms with E-state index < -0.39 is 0 Å². The summed E-state index contributed by atoms with van der Waals surface area (Å²) in [5.41, 5.74) is 7.15. The summed E-state index contributed by atoms with van der Waals surface area (Å²) in [4.78, 5) is 0. The lowest BCUT2D eigenvalue weighted by atomic mass is 10.1. The van der Waals surface area contributed by atoms with Crippen molar-refractivity contribution in [1.29, 1.82) is 0 Å². The van der Waals surface area contributed by atoms with Crippen molar-refractivity contribution in [3.8, 4) is 0 Å². The molecule has 4 nitrogen and oxygen atoms in total. The molecular formula is C10H17N3O. The Kier molecular flexibility index (Phi) is 2.74. The molecule has 0 radical (unpaired) electrons. The Balaban J connectivity index is 2.21. The second-order valence-electron chi connectivity index (χ2n) is 3.66. The zero-order chi connectivity index (χ0) is 9.97. The van der Waals surface area contributed by atoms with Gasteiger partial charge in [-0.1, -0.05) is 0 Å². The number of ether oxygens (including phenoxy) is 1. The third kappa shape index (κ3) is 1.63. The highest BCUT2D eigenvalue weighted by molar-refractivity contribution is 5.49. The van der Waals surface area contributed by atoms with Crippen molar-refractivity contribution < 1.29 is 4.74 Å². The zero-order valence-electron chi connectivity index (χ0n) is 8.49. The van der Waals surface area contributed by atoms with Crippen molar-refractivity contribution in [2.45, 2.75) is 19.0 Å². The molecule has 0 aromatic carbocycles. The number of fused-ring (bicyclic) bond motifs is 1. The monoisotopic (exact) mass is 195 g/mol. The second kappa shape index (κ2) is 4.02. The summed E-state index contributed by atoms with van der Waals surface area (Å²) in [6, 6.07) is 2.05. The molecule has 2 rings (SSSR count). The number of aromatic nitrogens is 1. The predicted molar refractivity (Wildman–Crippen MR) is 56.3 cm³/mol. The lowest BCUT2D eigenvalue weighted by Gasteiger charge is -2.20. The third-order valence-corrected chi connectivity index (χ3v) is 2.61. The molecule has 1 unspecified atom stereocenters. The van der Waals surface area contributed by atoms with Crippen LogP contribution >= 0.6 is 0 Å². The molecule has 78 valence electrons. The van der Waals surface area contributed by atoms with Crippen LogP contribution in [0.3, 0.4) is 0 Å². The molecule has 0 saturated heterocycles. The van der Waals surface area contributed by atoms with Gasteiger partial charge < -0.3 is 20.4 Å². The van der Waals surface area contributed by atoms with Crippen LogP contribution in [-0.2, 0) is 11.3 Å². The van der Waals surface area contributed by atoms with Crippen molar-refractivity contribution in [2.24, 2.45) is 5.73 Å². The van der Waals surface area contributed by atoms with Crippen LogP contribution in [-0.4, -0.2) is 24.8 Å². The highest BCUT2D eigenvalue weighted by Gasteiger charge is 2.17. The molecular weight excluding hydrogens is 178 g/mol. The number of hydrogen-bond donors (Lipinski definition) is 2. The summed E-state index contributed by atoms with van der Waals surface area (Å²) in [5.74, 6) is 1.17. The molecule has 0 amide bonds. The number of methoxy groups -OCH3 is 1. The first-order valence-corrected chi connectivity index (χ1v) is 5.00. The number of anilines is 1. The molecule has 0 saturated carbocycles. The maximum Gasteiger partial charge on any atom is 0.110 e. The van der Waals surface area contributed by atoms with Gasteiger partial charge in [-0.15, -0.1) is 0 Å². The minimum Gasteiger partial charge on any atom is -0.383 e. The Morgan fingerprint density at radius 2 is 2.57 bits per heavy atom. The average Bonchev–Trinajstić information content (AvgIpc) is 2.61. The molecule has 14 heavy (non-hydrogen) atoms. The highest BCUT2D eigenvalue weighted by Crippen LogP contribution is 2.25. The van der Waals surface area contributed by atoms with Crippen LogP contribution < -0.4 is 11.1 Å². The molecule has 1 aromatic heterocycles. The van der Waals surface area contributed by atoms with Gasteiger partial charge in [0.2, 0.25) is 0 Å². The Morgan fingerprint density at radius 1 is 1.71 bits per heavy atom. The first-order valence-electron chi connectivity index (χ1n) is 5.00. The van der Waals surface area contributed by atoms with Gasteiger partial charge in [-0.2, -0.15) is 0 Å². The number of rotatable bonds is 3. The fourth-order valence-electron chi connectivity index (χ4n) is 1.90. The number of nitrogens with zero attached hydrogens (tertiary/aromatic N) is 1. The van der Waals surface area contributed by atoms with Gasteiger partial charge in [0.15, 0.2) is 0 Å². The van der Waals surface area contributed by atoms with Crippen LogP contribution in [0.2, 0.25) is 0 Å². The highest BCUT2D eigenvalue weighted by atomic mass is 16.5. The molecule has 1 aromatic rings. The van der Waals surface area contributed by atoms with E-state index in [2.05, 4.69) is 22.1 Å². The van der Waals surface area contributed by atoms with Crippen LogP contribution in [0, 0.1) is 0 Å². The maximum absolute atomic E-state index is 6.00. The fraction of sp³-hybridized carbons (Fsp3) is 0.600. The largest absolute Gasteiger partial charge is 0.383 e. The van der Waals surface area contributed by atoms with Gasteiger partial charge in [0.05, 0.1) is 12.6 Å². The van der Waals surface area contributed by atoms with E-state index in [1.54, 1.807) is 7.11 Å². The van der Waals surface area contributed by atoms with Gasteiger partial charge in [0.25, 0.3) is 0 Å². The fourth-order valence-corrected chi connectivity index (χ4v) is 1.90. The van der Waals surface area contributed by atoms with Crippen molar-refractivity contribution in [2.75, 3.05) is 25.6 Å². The van der Waals surface area contributed by atoms with E-state index in [0.29, 0.717) is 6.61 Å². The summed E-state index contributed by atoms with van der Waals surface area (Å²) in [6.07, 6.45) is 3.27. The second-order valence-corrected chi connectivity index (χ2v) is 3.66. The topological polar surface area (TPSA) is 52.2 Å². The maximum atomic E-state index is 6.00. The third-order valence-electron chi connectivity index (χ3n) is 2.61. The molecule has 1 aliphatic heterocycles. The summed E-state index contributed by atoms with van der Waals surface area (Å²) in [5, 5.41) is 3.38. The SMILES string of the molecule is COCC(N)c1ccn2c1NCCC2. The van der Waals surface area contributed by atoms with Gasteiger partial charge in [-0.3, -0.25) is 0 Å². The van der Waals surface area contributed by atoms with E-state index in [0.717, 1.165) is 18.7 Å². The summed E-state index contributed by atoms with van der Waals surface area (Å²) >= 11 is 0. The Bertz CT molecular complexity index is 308. The van der Waals surface area contributed by atoms with E-state index in [-0.39, 0.29) is 6.04 Å². The minimum absolute atomic E-state index is 0.0261. The van der Waals surface area contributed by atoms with Gasteiger partial charge >= 0.3 is 0 Å². The predicted octanol–water partition coefficient (Wildman–Crippen LogP) is 0.950. The molecule has 0 aliphatic carbocycles. The Hall–Kier alpha value is -1.00. The van der Waals surface area contributed by atoms with E-state index in [1.807, 2.05) is 0 Å². The zero-order valence-corrected chi connectivity index (χ0v) is 8.49. The average molecular weight is 195 g/mol. The van der Waals surface area contributed by atoms with Gasteiger partial charge in [-0.25, -0.2) is 0 Å². The first kappa shape index (κ1) is 9.55. The lowest BCUT2D eigenvalue weighted by Crippen LogP contribution is -2.21. The quantitative estimate of drug-likeness (QED) is 0.755. The first-order chi connectivity index (χ1) is 6.83.